The summed E-state index contributed by atoms with van der Waals surface area (Å²) in [6.07, 6.45) is 0. The van der Waals surface area contributed by atoms with Gasteiger partial charge < -0.3 is 10.2 Å². The van der Waals surface area contributed by atoms with Crippen LogP contribution in [-0.2, 0) is 11.3 Å². The van der Waals surface area contributed by atoms with Crippen molar-refractivity contribution in [3.8, 4) is 11.4 Å². The number of rotatable bonds is 4. The number of ether oxygens (including phenoxy) is 1. The molecule has 5 nitrogen and oxygen atoms in total. The van der Waals surface area contributed by atoms with Crippen LogP contribution in [0.3, 0.4) is 0 Å². The van der Waals surface area contributed by atoms with E-state index in [1.54, 1.807) is 19.2 Å². The maximum Gasteiger partial charge on any atom is 0.162 e. The van der Waals surface area contributed by atoms with Gasteiger partial charge in [-0.05, 0) is 18.2 Å². The Bertz CT molecular complexity index is 574. The SMILES string of the molecule is COCc1cc(NN)nc(-c2cc(F)cc(Br)c2)n1. The number of hydrazine groups is 1. The molecule has 0 fully saturated rings. The maximum atomic E-state index is 13.4. The van der Waals surface area contributed by atoms with Crippen molar-refractivity contribution >= 4 is 21.7 Å². The molecule has 2 rings (SSSR count). The lowest BCUT2D eigenvalue weighted by atomic mass is 10.2. The predicted molar refractivity (Wildman–Crippen MR) is 73.6 cm³/mol. The van der Waals surface area contributed by atoms with Crippen LogP contribution in [0.1, 0.15) is 5.69 Å². The number of nitrogens with one attached hydrogen (secondary N) is 1. The topological polar surface area (TPSA) is 73.1 Å². The van der Waals surface area contributed by atoms with Gasteiger partial charge in [0.2, 0.25) is 0 Å². The van der Waals surface area contributed by atoms with Crippen molar-refractivity contribution in [1.29, 1.82) is 0 Å². The van der Waals surface area contributed by atoms with Gasteiger partial charge in [-0.25, -0.2) is 20.2 Å². The minimum Gasteiger partial charge on any atom is -0.378 e. The van der Waals surface area contributed by atoms with Crippen LogP contribution in [0.4, 0.5) is 10.2 Å². The average molecular weight is 327 g/mol. The normalized spacial score (nSPS) is 10.5. The number of nitrogens with zero attached hydrogens (tertiary/aromatic N) is 2. The second kappa shape index (κ2) is 6.05. The Morgan fingerprint density at radius 1 is 1.32 bits per heavy atom. The smallest absolute Gasteiger partial charge is 0.162 e. The first-order chi connectivity index (χ1) is 9.12. The van der Waals surface area contributed by atoms with Crippen LogP contribution in [-0.4, -0.2) is 17.1 Å². The highest BCUT2D eigenvalue weighted by Gasteiger charge is 2.08. The largest absolute Gasteiger partial charge is 0.378 e. The van der Waals surface area contributed by atoms with Gasteiger partial charge in [-0.15, -0.1) is 0 Å². The Labute approximate surface area is 118 Å². The van der Waals surface area contributed by atoms with Gasteiger partial charge in [-0.3, -0.25) is 0 Å². The highest BCUT2D eigenvalue weighted by Crippen LogP contribution is 2.23. The quantitative estimate of drug-likeness (QED) is 0.667. The van der Waals surface area contributed by atoms with Gasteiger partial charge in [0.05, 0.1) is 12.3 Å². The van der Waals surface area contributed by atoms with Crippen LogP contribution in [0, 0.1) is 5.82 Å². The fourth-order valence-corrected chi connectivity index (χ4v) is 2.07. The second-order valence-corrected chi connectivity index (χ2v) is 4.72. The Kier molecular flexibility index (Phi) is 4.41. The van der Waals surface area contributed by atoms with E-state index in [2.05, 4.69) is 31.3 Å². The summed E-state index contributed by atoms with van der Waals surface area (Å²) < 4.78 is 19.0. The lowest BCUT2D eigenvalue weighted by Gasteiger charge is -2.08. The van der Waals surface area contributed by atoms with Gasteiger partial charge in [-0.2, -0.15) is 0 Å². The molecule has 0 amide bonds. The zero-order valence-corrected chi connectivity index (χ0v) is 11.7. The number of halogens is 2. The van der Waals surface area contributed by atoms with E-state index in [0.717, 1.165) is 0 Å². The van der Waals surface area contributed by atoms with E-state index in [-0.39, 0.29) is 5.82 Å². The van der Waals surface area contributed by atoms with E-state index in [9.17, 15) is 4.39 Å². The van der Waals surface area contributed by atoms with Gasteiger partial charge >= 0.3 is 0 Å². The van der Waals surface area contributed by atoms with Gasteiger partial charge in [0.25, 0.3) is 0 Å². The zero-order valence-electron chi connectivity index (χ0n) is 10.2. The number of methoxy groups -OCH3 is 1. The van der Waals surface area contributed by atoms with E-state index in [0.29, 0.717) is 34.0 Å². The van der Waals surface area contributed by atoms with Crippen LogP contribution in [0.15, 0.2) is 28.7 Å². The Morgan fingerprint density at radius 2 is 2.11 bits per heavy atom. The first-order valence-electron chi connectivity index (χ1n) is 5.42. The van der Waals surface area contributed by atoms with Gasteiger partial charge in [0.1, 0.15) is 11.6 Å². The molecule has 0 saturated carbocycles. The minimum absolute atomic E-state index is 0.320. The van der Waals surface area contributed by atoms with Crippen molar-refractivity contribution in [3.05, 3.63) is 40.2 Å². The third-order valence-corrected chi connectivity index (χ3v) is 2.80. The van der Waals surface area contributed by atoms with Crippen LogP contribution >= 0.6 is 15.9 Å². The molecule has 100 valence electrons. The van der Waals surface area contributed by atoms with Crippen molar-refractivity contribution in [3.63, 3.8) is 0 Å². The molecule has 0 radical (unpaired) electrons. The number of anilines is 1. The van der Waals surface area contributed by atoms with Crippen LogP contribution in [0.5, 0.6) is 0 Å². The molecule has 2 aromatic rings. The minimum atomic E-state index is -0.368. The molecule has 1 aromatic carbocycles. The number of hydrogen-bond acceptors (Lipinski definition) is 5. The summed E-state index contributed by atoms with van der Waals surface area (Å²) in [5, 5.41) is 0. The fraction of sp³-hybridized carbons (Fsp3) is 0.167. The average Bonchev–Trinajstić information content (AvgIpc) is 2.37. The number of nitrogens with two attached hydrogens (primary N) is 1. The number of benzene rings is 1. The Balaban J connectivity index is 2.50. The fourth-order valence-electron chi connectivity index (χ4n) is 1.61. The van der Waals surface area contributed by atoms with Crippen molar-refractivity contribution < 1.29 is 9.13 Å². The lowest BCUT2D eigenvalue weighted by Crippen LogP contribution is -2.11. The van der Waals surface area contributed by atoms with Crippen molar-refractivity contribution in [2.45, 2.75) is 6.61 Å². The molecule has 3 N–H and O–H groups in total. The second-order valence-electron chi connectivity index (χ2n) is 3.80. The number of nitrogen functional groups attached to an aromatic ring is 1. The number of hydrogen-bond donors (Lipinski definition) is 2. The van der Waals surface area contributed by atoms with Crippen molar-refractivity contribution in [1.82, 2.24) is 9.97 Å². The summed E-state index contributed by atoms with van der Waals surface area (Å²) in [6, 6.07) is 6.12. The molecule has 19 heavy (non-hydrogen) atoms. The third-order valence-electron chi connectivity index (χ3n) is 2.34. The highest BCUT2D eigenvalue weighted by atomic mass is 79.9. The summed E-state index contributed by atoms with van der Waals surface area (Å²) in [6.45, 7) is 0.320. The lowest BCUT2D eigenvalue weighted by molar-refractivity contribution is 0.181. The summed E-state index contributed by atoms with van der Waals surface area (Å²) in [5.74, 6) is 5.81. The summed E-state index contributed by atoms with van der Waals surface area (Å²) >= 11 is 3.23. The molecule has 0 unspecified atom stereocenters. The van der Waals surface area contributed by atoms with E-state index in [1.807, 2.05) is 0 Å². The summed E-state index contributed by atoms with van der Waals surface area (Å²) in [7, 11) is 1.57. The van der Waals surface area contributed by atoms with E-state index in [1.165, 1.54) is 12.1 Å². The van der Waals surface area contributed by atoms with E-state index < -0.39 is 0 Å². The van der Waals surface area contributed by atoms with Crippen LogP contribution in [0.2, 0.25) is 0 Å². The highest BCUT2D eigenvalue weighted by molar-refractivity contribution is 9.10. The molecular weight excluding hydrogens is 315 g/mol. The summed E-state index contributed by atoms with van der Waals surface area (Å²) in [5.41, 5.74) is 3.66. The molecule has 0 aliphatic rings. The van der Waals surface area contributed by atoms with Crippen LogP contribution in [0.25, 0.3) is 11.4 Å². The maximum absolute atomic E-state index is 13.4. The molecule has 0 atom stereocenters. The first-order valence-corrected chi connectivity index (χ1v) is 6.21. The first kappa shape index (κ1) is 13.9. The molecule has 0 aliphatic heterocycles. The van der Waals surface area contributed by atoms with Crippen LogP contribution < -0.4 is 11.3 Å². The third kappa shape index (κ3) is 3.46. The molecule has 0 saturated heterocycles. The molecule has 0 spiro atoms. The molecular formula is C12H12BrFN4O. The molecule has 1 aromatic heterocycles. The molecule has 0 bridgehead atoms. The van der Waals surface area contributed by atoms with E-state index in [4.69, 9.17) is 10.6 Å². The standard InChI is InChI=1S/C12H12BrFN4O/c1-19-6-10-5-11(18-15)17-12(16-10)7-2-8(13)4-9(14)3-7/h2-5H,6,15H2,1H3,(H,16,17,18). The van der Waals surface area contributed by atoms with Gasteiger partial charge in [0, 0.05) is 23.2 Å². The zero-order chi connectivity index (χ0) is 13.8. The molecule has 1 heterocycles. The Morgan fingerprint density at radius 3 is 2.74 bits per heavy atom. The van der Waals surface area contributed by atoms with Crippen molar-refractivity contribution in [2.24, 2.45) is 5.84 Å². The monoisotopic (exact) mass is 326 g/mol. The molecule has 7 heteroatoms. The predicted octanol–water partition coefficient (Wildman–Crippen LogP) is 2.48. The van der Waals surface area contributed by atoms with E-state index >= 15 is 0 Å². The van der Waals surface area contributed by atoms with Gasteiger partial charge in [-0.1, -0.05) is 15.9 Å². The molecule has 0 aliphatic carbocycles. The van der Waals surface area contributed by atoms with Crippen molar-refractivity contribution in [2.75, 3.05) is 12.5 Å². The Hall–Kier alpha value is -1.57. The van der Waals surface area contributed by atoms with Gasteiger partial charge in [0.15, 0.2) is 5.82 Å². The summed E-state index contributed by atoms with van der Waals surface area (Å²) in [4.78, 5) is 8.50. The number of aromatic nitrogens is 2.